The summed E-state index contributed by atoms with van der Waals surface area (Å²) in [6.07, 6.45) is 1.72. The maximum Gasteiger partial charge on any atom is 0.203 e. The molecule has 0 amide bonds. The van der Waals surface area contributed by atoms with E-state index in [1.165, 1.54) is 23.5 Å². The van der Waals surface area contributed by atoms with Gasteiger partial charge in [-0.3, -0.25) is 4.79 Å². The summed E-state index contributed by atoms with van der Waals surface area (Å²) >= 11 is 1.38. The summed E-state index contributed by atoms with van der Waals surface area (Å²) in [7, 11) is 0. The summed E-state index contributed by atoms with van der Waals surface area (Å²) in [6.45, 7) is 1.99. The van der Waals surface area contributed by atoms with Crippen molar-refractivity contribution < 1.29 is 9.18 Å². The van der Waals surface area contributed by atoms with Crippen LogP contribution < -0.4 is 0 Å². The summed E-state index contributed by atoms with van der Waals surface area (Å²) in [4.78, 5) is 18.9. The molecule has 0 saturated carbocycles. The van der Waals surface area contributed by atoms with Gasteiger partial charge < -0.3 is 0 Å². The Morgan fingerprint density at radius 2 is 1.72 bits per heavy atom. The van der Waals surface area contributed by atoms with Crippen molar-refractivity contribution in [3.63, 3.8) is 0 Å². The lowest BCUT2D eigenvalue weighted by Crippen LogP contribution is -2.00. The smallest absolute Gasteiger partial charge is 0.203 e. The van der Waals surface area contributed by atoms with Crippen LogP contribution in [-0.4, -0.2) is 10.8 Å². The number of carbonyl (C=O) groups excluding carboxylic acids is 1. The van der Waals surface area contributed by atoms with Gasteiger partial charge in [-0.05, 0) is 36.8 Å². The molecule has 2 aromatic carbocycles. The van der Waals surface area contributed by atoms with E-state index in [1.807, 2.05) is 43.3 Å². The third-order valence-corrected chi connectivity index (χ3v) is 5.23. The second-order valence-corrected chi connectivity index (χ2v) is 6.86. The minimum Gasteiger partial charge on any atom is -0.288 e. The molecule has 0 atom stereocenters. The number of rotatable bonds is 3. The molecule has 25 heavy (non-hydrogen) atoms. The molecule has 0 saturated heterocycles. The number of carbonyl (C=O) groups is 1. The fourth-order valence-electron chi connectivity index (χ4n) is 2.83. The largest absolute Gasteiger partial charge is 0.288 e. The van der Waals surface area contributed by atoms with Gasteiger partial charge in [0.2, 0.25) is 5.78 Å². The van der Waals surface area contributed by atoms with E-state index in [2.05, 4.69) is 4.98 Å². The Kier molecular flexibility index (Phi) is 3.90. The first-order valence-electron chi connectivity index (χ1n) is 7.88. The van der Waals surface area contributed by atoms with Gasteiger partial charge in [-0.1, -0.05) is 42.0 Å². The van der Waals surface area contributed by atoms with Crippen LogP contribution in [0.4, 0.5) is 4.39 Å². The topological polar surface area (TPSA) is 30.0 Å². The van der Waals surface area contributed by atoms with Crippen molar-refractivity contribution in [1.82, 2.24) is 4.98 Å². The maximum atomic E-state index is 13.3. The number of benzene rings is 2. The number of halogens is 1. The SMILES string of the molecule is Cc1ccc(C(=O)c2sc3ncccc3c2-c2ccc(F)cc2)cc1. The van der Waals surface area contributed by atoms with Gasteiger partial charge in [0.25, 0.3) is 0 Å². The molecule has 0 aliphatic heterocycles. The third kappa shape index (κ3) is 2.85. The molecule has 0 N–H and O–H groups in total. The monoisotopic (exact) mass is 347 g/mol. The van der Waals surface area contributed by atoms with Crippen LogP contribution in [0.3, 0.4) is 0 Å². The van der Waals surface area contributed by atoms with Crippen LogP contribution in [0.5, 0.6) is 0 Å². The van der Waals surface area contributed by atoms with E-state index in [0.29, 0.717) is 10.4 Å². The zero-order valence-corrected chi connectivity index (χ0v) is 14.3. The minimum atomic E-state index is -0.298. The lowest BCUT2D eigenvalue weighted by molar-refractivity contribution is 0.104. The average Bonchev–Trinajstić information content (AvgIpc) is 3.02. The highest BCUT2D eigenvalue weighted by atomic mass is 32.1. The Morgan fingerprint density at radius 3 is 2.44 bits per heavy atom. The van der Waals surface area contributed by atoms with E-state index in [-0.39, 0.29) is 11.6 Å². The van der Waals surface area contributed by atoms with E-state index in [4.69, 9.17) is 0 Å². The van der Waals surface area contributed by atoms with Gasteiger partial charge in [0.15, 0.2) is 0 Å². The van der Waals surface area contributed by atoms with Gasteiger partial charge in [-0.25, -0.2) is 9.37 Å². The Balaban J connectivity index is 1.94. The van der Waals surface area contributed by atoms with Crippen molar-refractivity contribution in [2.24, 2.45) is 0 Å². The number of aryl methyl sites for hydroxylation is 1. The lowest BCUT2D eigenvalue weighted by atomic mass is 9.98. The summed E-state index contributed by atoms with van der Waals surface area (Å²) in [5, 5.41) is 0.912. The first-order valence-corrected chi connectivity index (χ1v) is 8.70. The zero-order chi connectivity index (χ0) is 17.4. The molecule has 0 radical (unpaired) electrons. The maximum absolute atomic E-state index is 13.3. The number of thiophene rings is 1. The fourth-order valence-corrected chi connectivity index (χ4v) is 3.96. The zero-order valence-electron chi connectivity index (χ0n) is 13.5. The number of ketones is 1. The Bertz CT molecular complexity index is 1070. The average molecular weight is 347 g/mol. The molecule has 2 nitrogen and oxygen atoms in total. The second kappa shape index (κ2) is 6.22. The fraction of sp³-hybridized carbons (Fsp3) is 0.0476. The standard InChI is InChI=1S/C21H14FNOS/c1-13-4-6-15(7-5-13)19(24)20-18(14-8-10-16(22)11-9-14)17-3-2-12-23-21(17)25-20/h2-12H,1H3. The molecule has 2 heterocycles. The number of hydrogen-bond acceptors (Lipinski definition) is 3. The van der Waals surface area contributed by atoms with Crippen molar-refractivity contribution >= 4 is 27.3 Å². The number of nitrogens with zero attached hydrogens (tertiary/aromatic N) is 1. The van der Waals surface area contributed by atoms with E-state index in [9.17, 15) is 9.18 Å². The highest BCUT2D eigenvalue weighted by molar-refractivity contribution is 7.21. The molecule has 2 aromatic heterocycles. The van der Waals surface area contributed by atoms with Gasteiger partial charge >= 0.3 is 0 Å². The van der Waals surface area contributed by atoms with Crippen LogP contribution >= 0.6 is 11.3 Å². The Labute approximate surface area is 148 Å². The quantitative estimate of drug-likeness (QED) is 0.449. The van der Waals surface area contributed by atoms with Gasteiger partial charge in [0.1, 0.15) is 10.6 Å². The highest BCUT2D eigenvalue weighted by Gasteiger charge is 2.21. The molecule has 0 unspecified atom stereocenters. The number of aromatic nitrogens is 1. The van der Waals surface area contributed by atoms with Gasteiger partial charge in [0, 0.05) is 22.7 Å². The van der Waals surface area contributed by atoms with Gasteiger partial charge in [-0.2, -0.15) is 0 Å². The predicted molar refractivity (Wildman–Crippen MR) is 99.6 cm³/mol. The van der Waals surface area contributed by atoms with Crippen LogP contribution in [0.2, 0.25) is 0 Å². The van der Waals surface area contributed by atoms with Crippen LogP contribution in [0.1, 0.15) is 20.8 Å². The molecule has 0 spiro atoms. The predicted octanol–water partition coefficient (Wildman–Crippen LogP) is 5.64. The number of hydrogen-bond donors (Lipinski definition) is 0. The number of fused-ring (bicyclic) bond motifs is 1. The van der Waals surface area contributed by atoms with Gasteiger partial charge in [0.05, 0.1) is 4.88 Å². The van der Waals surface area contributed by atoms with Crippen LogP contribution in [-0.2, 0) is 0 Å². The molecule has 0 aliphatic carbocycles. The summed E-state index contributed by atoms with van der Waals surface area (Å²) < 4.78 is 13.3. The highest BCUT2D eigenvalue weighted by Crippen LogP contribution is 2.39. The van der Waals surface area contributed by atoms with E-state index in [1.54, 1.807) is 18.3 Å². The molecule has 0 aliphatic rings. The molecular formula is C21H14FNOS. The first kappa shape index (κ1) is 15.7. The van der Waals surface area contributed by atoms with Gasteiger partial charge in [-0.15, -0.1) is 11.3 Å². The van der Waals surface area contributed by atoms with Crippen molar-refractivity contribution in [3.8, 4) is 11.1 Å². The summed E-state index contributed by atoms with van der Waals surface area (Å²) in [5.41, 5.74) is 3.38. The van der Waals surface area contributed by atoms with Crippen molar-refractivity contribution in [2.45, 2.75) is 6.92 Å². The molecule has 4 heteroatoms. The normalized spacial score (nSPS) is 11.0. The molecule has 122 valence electrons. The molecular weight excluding hydrogens is 333 g/mol. The minimum absolute atomic E-state index is 0.0395. The van der Waals surface area contributed by atoms with Crippen molar-refractivity contribution in [2.75, 3.05) is 0 Å². The van der Waals surface area contributed by atoms with Crippen LogP contribution in [0.25, 0.3) is 21.3 Å². The van der Waals surface area contributed by atoms with E-state index >= 15 is 0 Å². The Hall–Kier alpha value is -2.85. The first-order chi connectivity index (χ1) is 12.1. The second-order valence-electron chi connectivity index (χ2n) is 5.86. The van der Waals surface area contributed by atoms with Crippen molar-refractivity contribution in [3.05, 3.63) is 88.7 Å². The van der Waals surface area contributed by atoms with Crippen LogP contribution in [0.15, 0.2) is 66.9 Å². The Morgan fingerprint density at radius 1 is 1.00 bits per heavy atom. The lowest BCUT2D eigenvalue weighted by Gasteiger charge is -2.05. The molecule has 0 bridgehead atoms. The summed E-state index contributed by atoms with van der Waals surface area (Å²) in [6, 6.07) is 17.6. The van der Waals surface area contributed by atoms with Crippen molar-refractivity contribution in [1.29, 1.82) is 0 Å². The summed E-state index contributed by atoms with van der Waals surface area (Å²) in [5.74, 6) is -0.338. The molecule has 4 aromatic rings. The number of pyridine rings is 1. The van der Waals surface area contributed by atoms with E-state index < -0.39 is 0 Å². The van der Waals surface area contributed by atoms with E-state index in [0.717, 1.165) is 26.9 Å². The molecule has 0 fully saturated rings. The molecule has 4 rings (SSSR count). The van der Waals surface area contributed by atoms with Crippen LogP contribution in [0, 0.1) is 12.7 Å². The third-order valence-electron chi connectivity index (χ3n) is 4.12.